The molecular weight excluding hydrogens is 451 g/mol. The van der Waals surface area contributed by atoms with Crippen molar-refractivity contribution in [2.75, 3.05) is 6.61 Å². The summed E-state index contributed by atoms with van der Waals surface area (Å²) in [6, 6.07) is 3.72. The second kappa shape index (κ2) is 8.61. The molecule has 8 heteroatoms. The van der Waals surface area contributed by atoms with Crippen LogP contribution in [-0.2, 0) is 16.2 Å². The molecule has 188 valence electrons. The van der Waals surface area contributed by atoms with E-state index in [1.807, 2.05) is 25.1 Å². The number of allylic oxidation sites excluding steroid dienone is 4. The summed E-state index contributed by atoms with van der Waals surface area (Å²) in [6.07, 6.45) is 9.01. The Labute approximate surface area is 204 Å². The van der Waals surface area contributed by atoms with Crippen LogP contribution >= 0.6 is 0 Å². The minimum atomic E-state index is -1.94. The van der Waals surface area contributed by atoms with Gasteiger partial charge in [-0.25, -0.2) is 4.39 Å². The van der Waals surface area contributed by atoms with Gasteiger partial charge in [0.05, 0.1) is 6.10 Å². The maximum absolute atomic E-state index is 17.2. The first-order chi connectivity index (χ1) is 16.7. The van der Waals surface area contributed by atoms with Crippen LogP contribution in [0.3, 0.4) is 0 Å². The predicted molar refractivity (Wildman–Crippen MR) is 127 cm³/mol. The average molecular weight is 485 g/mol. The van der Waals surface area contributed by atoms with E-state index in [0.29, 0.717) is 25.0 Å². The Hall–Kier alpha value is -2.42. The van der Waals surface area contributed by atoms with E-state index in [0.717, 1.165) is 11.1 Å². The summed E-state index contributed by atoms with van der Waals surface area (Å²) in [4.78, 5) is 22.1. The number of oxime groups is 1. The predicted octanol–water partition coefficient (Wildman–Crippen LogP) is 2.90. The molecule has 0 aromatic carbocycles. The zero-order valence-electron chi connectivity index (χ0n) is 20.1. The van der Waals surface area contributed by atoms with E-state index in [-0.39, 0.29) is 18.9 Å². The molecule has 4 aliphatic rings. The van der Waals surface area contributed by atoms with Gasteiger partial charge >= 0.3 is 0 Å². The Morgan fingerprint density at radius 1 is 1.34 bits per heavy atom. The number of pyridine rings is 1. The Kier molecular flexibility index (Phi) is 5.97. The molecule has 3 fully saturated rings. The SMILES string of the molecule is C[C@@H]1C[C@@H]2C(C[C@H](O)[C@@]3(F)[C@H]2CCC2=C/C(=N/OCc4cccnc4)C=C[C@@]23C)[C@@]1(O)C(=O)CO. The third-order valence-electron chi connectivity index (χ3n) is 9.29. The van der Waals surface area contributed by atoms with Gasteiger partial charge in [0.2, 0.25) is 0 Å². The molecule has 5 rings (SSSR count). The fourth-order valence-electron chi connectivity index (χ4n) is 7.45. The number of aliphatic hydroxyl groups excluding tert-OH is 2. The Bertz CT molecular complexity index is 1090. The van der Waals surface area contributed by atoms with Crippen molar-refractivity contribution in [2.45, 2.75) is 63.5 Å². The van der Waals surface area contributed by atoms with Crippen molar-refractivity contribution in [3.63, 3.8) is 0 Å². The van der Waals surface area contributed by atoms with Gasteiger partial charge in [-0.3, -0.25) is 9.78 Å². The molecule has 3 N–H and O–H groups in total. The lowest BCUT2D eigenvalue weighted by molar-refractivity contribution is -0.191. The van der Waals surface area contributed by atoms with E-state index in [4.69, 9.17) is 4.84 Å². The third kappa shape index (κ3) is 3.44. The number of carbonyl (C=O) groups excluding carboxylic acids is 1. The molecule has 0 radical (unpaired) electrons. The van der Waals surface area contributed by atoms with Crippen molar-refractivity contribution in [2.24, 2.45) is 34.2 Å². The van der Waals surface area contributed by atoms with E-state index in [2.05, 4.69) is 10.1 Å². The van der Waals surface area contributed by atoms with Crippen LogP contribution in [0.15, 0.2) is 53.5 Å². The molecule has 0 aliphatic heterocycles. The summed E-state index contributed by atoms with van der Waals surface area (Å²) in [5, 5.41) is 36.2. The molecule has 4 aliphatic carbocycles. The highest BCUT2D eigenvalue weighted by Gasteiger charge is 2.71. The second-order valence-corrected chi connectivity index (χ2v) is 10.8. The van der Waals surface area contributed by atoms with Crippen LogP contribution in [0.25, 0.3) is 0 Å². The van der Waals surface area contributed by atoms with Gasteiger partial charge in [-0.05, 0) is 62.7 Å². The number of alkyl halides is 1. The van der Waals surface area contributed by atoms with Gasteiger partial charge in [-0.1, -0.05) is 29.8 Å². The number of fused-ring (bicyclic) bond motifs is 5. The minimum Gasteiger partial charge on any atom is -0.390 e. The van der Waals surface area contributed by atoms with Crippen LogP contribution in [0.1, 0.15) is 45.1 Å². The highest BCUT2D eigenvalue weighted by Crippen LogP contribution is 2.66. The molecule has 7 nitrogen and oxygen atoms in total. The summed E-state index contributed by atoms with van der Waals surface area (Å²) >= 11 is 0. The summed E-state index contributed by atoms with van der Waals surface area (Å²) in [6.45, 7) is 3.12. The number of aromatic nitrogens is 1. The quantitative estimate of drug-likeness (QED) is 0.554. The Morgan fingerprint density at radius 2 is 2.14 bits per heavy atom. The highest BCUT2D eigenvalue weighted by molar-refractivity contribution is 6.05. The molecule has 0 spiro atoms. The van der Waals surface area contributed by atoms with Crippen molar-refractivity contribution in [3.8, 4) is 0 Å². The van der Waals surface area contributed by atoms with Gasteiger partial charge in [-0.15, -0.1) is 0 Å². The first-order valence-corrected chi connectivity index (χ1v) is 12.4. The van der Waals surface area contributed by atoms with Crippen molar-refractivity contribution in [1.29, 1.82) is 0 Å². The Balaban J connectivity index is 1.41. The zero-order chi connectivity index (χ0) is 25.0. The van der Waals surface area contributed by atoms with Crippen molar-refractivity contribution < 1.29 is 29.3 Å². The van der Waals surface area contributed by atoms with Crippen LogP contribution in [0.5, 0.6) is 0 Å². The zero-order valence-corrected chi connectivity index (χ0v) is 20.1. The first-order valence-electron chi connectivity index (χ1n) is 12.4. The van der Waals surface area contributed by atoms with Crippen molar-refractivity contribution in [1.82, 2.24) is 4.98 Å². The molecule has 0 amide bonds. The van der Waals surface area contributed by atoms with Crippen molar-refractivity contribution >= 4 is 11.5 Å². The van der Waals surface area contributed by atoms with Crippen molar-refractivity contribution in [3.05, 3.63) is 53.9 Å². The van der Waals surface area contributed by atoms with E-state index >= 15 is 4.39 Å². The van der Waals surface area contributed by atoms with Gasteiger partial charge < -0.3 is 20.2 Å². The molecule has 0 saturated heterocycles. The monoisotopic (exact) mass is 484 g/mol. The lowest BCUT2D eigenvalue weighted by Crippen LogP contribution is -2.66. The van der Waals surface area contributed by atoms with Gasteiger partial charge in [-0.2, -0.15) is 0 Å². The maximum atomic E-state index is 17.2. The molecule has 1 unspecified atom stereocenters. The largest absolute Gasteiger partial charge is 0.390 e. The molecule has 0 bridgehead atoms. The Morgan fingerprint density at radius 3 is 2.86 bits per heavy atom. The summed E-state index contributed by atoms with van der Waals surface area (Å²) in [5.41, 5.74) is -2.37. The molecule has 3 saturated carbocycles. The summed E-state index contributed by atoms with van der Waals surface area (Å²) < 4.78 is 17.2. The number of aliphatic hydroxyl groups is 3. The van der Waals surface area contributed by atoms with Crippen LogP contribution in [-0.4, -0.2) is 55.8 Å². The lowest BCUT2D eigenvalue weighted by atomic mass is 9.48. The number of ketones is 1. The first kappa shape index (κ1) is 24.3. The second-order valence-electron chi connectivity index (χ2n) is 10.8. The topological polar surface area (TPSA) is 112 Å². The number of hydrogen-bond acceptors (Lipinski definition) is 7. The fourth-order valence-corrected chi connectivity index (χ4v) is 7.45. The standard InChI is InChI=1S/C27H33FN2O5/c1-16-10-20-21-6-5-18-11-19(30-35-15-17-4-3-9-29-13-17)7-8-25(18,2)27(21,28)23(32)12-22(20)26(16,34)24(33)14-31/h3-4,7-9,11,13,16,20-23,31-32,34H,5-6,10,12,14-15H2,1-2H3/b30-19+/t16-,20+,21+,22?,23+,25+,26-,27+/m1/s1. The smallest absolute Gasteiger partial charge is 0.190 e. The normalized spacial score (nSPS) is 43.2. The van der Waals surface area contributed by atoms with Crippen LogP contribution in [0, 0.1) is 29.1 Å². The number of rotatable bonds is 5. The van der Waals surface area contributed by atoms with Gasteiger partial charge in [0, 0.05) is 35.2 Å². The van der Waals surface area contributed by atoms with Crippen LogP contribution in [0.2, 0.25) is 0 Å². The molecule has 8 atom stereocenters. The molecule has 1 aromatic rings. The lowest BCUT2D eigenvalue weighted by Gasteiger charge is -2.59. The van der Waals surface area contributed by atoms with Crippen LogP contribution < -0.4 is 0 Å². The molecule has 1 heterocycles. The van der Waals surface area contributed by atoms with E-state index < -0.39 is 52.9 Å². The summed E-state index contributed by atoms with van der Waals surface area (Å²) in [5.74, 6) is -2.37. The maximum Gasteiger partial charge on any atom is 0.190 e. The van der Waals surface area contributed by atoms with Gasteiger partial charge in [0.25, 0.3) is 0 Å². The number of hydrogen-bond donors (Lipinski definition) is 3. The average Bonchev–Trinajstić information content (AvgIpc) is 3.11. The minimum absolute atomic E-state index is 0.0177. The number of carbonyl (C=O) groups is 1. The van der Waals surface area contributed by atoms with E-state index in [1.165, 1.54) is 0 Å². The number of Topliss-reactive ketones (excluding diaryl/α,β-unsaturated/α-hetero) is 1. The van der Waals surface area contributed by atoms with Gasteiger partial charge in [0.15, 0.2) is 11.5 Å². The molecule has 35 heavy (non-hydrogen) atoms. The molecule has 1 aromatic heterocycles. The fraction of sp³-hybridized carbons (Fsp3) is 0.593. The van der Waals surface area contributed by atoms with E-state index in [1.54, 1.807) is 31.5 Å². The summed E-state index contributed by atoms with van der Waals surface area (Å²) in [7, 11) is 0. The van der Waals surface area contributed by atoms with Crippen LogP contribution in [0.4, 0.5) is 4.39 Å². The highest BCUT2D eigenvalue weighted by atomic mass is 19.1. The molecular formula is C27H33FN2O5. The number of nitrogens with zero attached hydrogens (tertiary/aromatic N) is 2. The van der Waals surface area contributed by atoms with E-state index in [9.17, 15) is 20.1 Å². The third-order valence-corrected chi connectivity index (χ3v) is 9.29. The number of halogens is 1. The van der Waals surface area contributed by atoms with Gasteiger partial charge in [0.1, 0.15) is 24.5 Å².